The van der Waals surface area contributed by atoms with Gasteiger partial charge >= 0.3 is 0 Å². The van der Waals surface area contributed by atoms with Crippen molar-refractivity contribution >= 4 is 82.6 Å². The van der Waals surface area contributed by atoms with E-state index in [2.05, 4.69) is 53.9 Å². The maximum atomic E-state index is 9.60. The van der Waals surface area contributed by atoms with Gasteiger partial charge in [0.1, 0.15) is 12.4 Å². The third kappa shape index (κ3) is 5.87. The number of nitriles is 1. The van der Waals surface area contributed by atoms with Gasteiger partial charge in [0, 0.05) is 15.1 Å². The number of allylic oxidation sites excluding steroid dienone is 1. The van der Waals surface area contributed by atoms with Crippen LogP contribution >= 0.6 is 71.0 Å². The van der Waals surface area contributed by atoms with Crippen LogP contribution in [0.5, 0.6) is 5.75 Å². The lowest BCUT2D eigenvalue weighted by molar-refractivity contribution is 0.302. The fourth-order valence-electron chi connectivity index (χ4n) is 2.58. The zero-order valence-electron chi connectivity index (χ0n) is 14.7. The number of halogens is 5. The van der Waals surface area contributed by atoms with Crippen LogP contribution in [0.3, 0.4) is 0 Å². The molecule has 146 valence electrons. The summed E-state index contributed by atoms with van der Waals surface area (Å²) in [5, 5.41) is 10.5. The van der Waals surface area contributed by atoms with E-state index >= 15 is 0 Å². The molecule has 0 aliphatic heterocycles. The van der Waals surface area contributed by atoms with Gasteiger partial charge in [-0.25, -0.2) is 0 Å². The average Bonchev–Trinajstić information content (AvgIpc) is 2.67. The Hall–Kier alpha value is -1.29. The Balaban J connectivity index is 1.86. The van der Waals surface area contributed by atoms with Crippen LogP contribution in [0.2, 0.25) is 10.0 Å². The molecule has 0 saturated heterocycles. The van der Waals surface area contributed by atoms with Gasteiger partial charge < -0.3 is 4.74 Å². The molecule has 0 amide bonds. The lowest BCUT2D eigenvalue weighted by Gasteiger charge is -2.12. The maximum absolute atomic E-state index is 9.60. The first-order valence-corrected chi connectivity index (χ1v) is 11.4. The normalized spacial score (nSPS) is 11.2. The number of hydrogen-bond acceptors (Lipinski definition) is 2. The predicted octanol–water partition coefficient (Wildman–Crippen LogP) is 8.92. The molecule has 29 heavy (non-hydrogen) atoms. The summed E-state index contributed by atoms with van der Waals surface area (Å²) in [6.45, 7) is 0.434. The van der Waals surface area contributed by atoms with Gasteiger partial charge in [-0.05, 0) is 85.5 Å². The van der Waals surface area contributed by atoms with Gasteiger partial charge in [0.05, 0.1) is 25.6 Å². The van der Waals surface area contributed by atoms with Gasteiger partial charge in [-0.1, -0.05) is 57.3 Å². The zero-order valence-corrected chi connectivity index (χ0v) is 21.0. The third-order valence-electron chi connectivity index (χ3n) is 3.97. The van der Waals surface area contributed by atoms with Gasteiger partial charge in [0.15, 0.2) is 0 Å². The number of ether oxygens (including phenoxy) is 1. The van der Waals surface area contributed by atoms with Crippen LogP contribution in [0.1, 0.15) is 16.7 Å². The highest BCUT2D eigenvalue weighted by Gasteiger charge is 2.11. The molecular weight excluding hydrogens is 605 g/mol. The standard InChI is InChI=1S/C22H12Br3Cl2NO/c23-16-3-1-13(2-4-16)12-29-22-19(24)8-14(9-20(22)25)7-15(11-28)18-6-5-17(26)10-21(18)27/h1-10H,12H2/b15-7+. The van der Waals surface area contributed by atoms with Crippen molar-refractivity contribution in [3.8, 4) is 11.8 Å². The SMILES string of the molecule is N#C/C(=C\c1cc(Br)c(OCc2ccc(Br)cc2)c(Br)c1)c1ccc(Cl)cc1Cl. The second-order valence-corrected chi connectivity index (χ2v) is 9.49. The quantitative estimate of drug-likeness (QED) is 0.212. The molecule has 0 aromatic heterocycles. The van der Waals surface area contributed by atoms with E-state index < -0.39 is 0 Å². The maximum Gasteiger partial charge on any atom is 0.148 e. The molecule has 0 bridgehead atoms. The molecular formula is C22H12Br3Cl2NO. The van der Waals surface area contributed by atoms with Crippen molar-refractivity contribution in [2.45, 2.75) is 6.61 Å². The average molecular weight is 617 g/mol. The van der Waals surface area contributed by atoms with Crippen LogP contribution in [0, 0.1) is 11.3 Å². The molecule has 3 rings (SSSR count). The number of benzene rings is 3. The first-order chi connectivity index (χ1) is 13.9. The first kappa shape index (κ1) is 22.4. The van der Waals surface area contributed by atoms with E-state index in [1.54, 1.807) is 24.3 Å². The Morgan fingerprint density at radius 3 is 2.21 bits per heavy atom. The van der Waals surface area contributed by atoms with Crippen LogP contribution in [0.4, 0.5) is 0 Å². The van der Waals surface area contributed by atoms with Gasteiger partial charge in [0.2, 0.25) is 0 Å². The van der Waals surface area contributed by atoms with Crippen molar-refractivity contribution in [3.05, 3.63) is 94.8 Å². The molecule has 3 aromatic carbocycles. The van der Waals surface area contributed by atoms with Gasteiger partial charge in [-0.15, -0.1) is 0 Å². The Labute approximate surface area is 204 Å². The summed E-state index contributed by atoms with van der Waals surface area (Å²) < 4.78 is 8.53. The Bertz CT molecular complexity index is 1100. The van der Waals surface area contributed by atoms with E-state index in [0.717, 1.165) is 24.5 Å². The highest BCUT2D eigenvalue weighted by atomic mass is 79.9. The van der Waals surface area contributed by atoms with Crippen LogP contribution in [0.25, 0.3) is 11.6 Å². The van der Waals surface area contributed by atoms with E-state index in [0.29, 0.717) is 33.5 Å². The summed E-state index contributed by atoms with van der Waals surface area (Å²) in [6.07, 6.45) is 1.77. The lowest BCUT2D eigenvalue weighted by Crippen LogP contribution is -1.97. The molecule has 0 radical (unpaired) electrons. The Morgan fingerprint density at radius 2 is 1.62 bits per heavy atom. The van der Waals surface area contributed by atoms with Crippen LogP contribution in [-0.2, 0) is 6.61 Å². The number of hydrogen-bond donors (Lipinski definition) is 0. The molecule has 0 unspecified atom stereocenters. The van der Waals surface area contributed by atoms with Gasteiger partial charge in [0.25, 0.3) is 0 Å². The summed E-state index contributed by atoms with van der Waals surface area (Å²) in [7, 11) is 0. The van der Waals surface area contributed by atoms with Crippen LogP contribution in [-0.4, -0.2) is 0 Å². The molecule has 0 aliphatic carbocycles. The summed E-state index contributed by atoms with van der Waals surface area (Å²) in [5.41, 5.74) is 2.94. The zero-order chi connectivity index (χ0) is 21.0. The van der Waals surface area contributed by atoms with E-state index in [1.165, 1.54) is 0 Å². The minimum absolute atomic E-state index is 0.429. The molecule has 0 atom stereocenters. The largest absolute Gasteiger partial charge is 0.487 e. The second-order valence-electron chi connectivity index (χ2n) is 6.02. The molecule has 3 aromatic rings. The number of rotatable bonds is 5. The fourth-order valence-corrected chi connectivity index (χ4v) is 4.81. The minimum atomic E-state index is 0.429. The van der Waals surface area contributed by atoms with Crippen molar-refractivity contribution in [2.24, 2.45) is 0 Å². The Kier molecular flexibility index (Phi) is 7.84. The molecule has 0 N–H and O–H groups in total. The molecule has 0 fully saturated rings. The summed E-state index contributed by atoms with van der Waals surface area (Å²) in [5.74, 6) is 0.688. The van der Waals surface area contributed by atoms with Crippen molar-refractivity contribution in [2.75, 3.05) is 0 Å². The fraction of sp³-hybridized carbons (Fsp3) is 0.0455. The third-order valence-corrected chi connectivity index (χ3v) is 6.22. The van der Waals surface area contributed by atoms with Crippen molar-refractivity contribution < 1.29 is 4.74 Å². The van der Waals surface area contributed by atoms with Crippen molar-refractivity contribution in [3.63, 3.8) is 0 Å². The van der Waals surface area contributed by atoms with Crippen LogP contribution < -0.4 is 4.74 Å². The van der Waals surface area contributed by atoms with Gasteiger partial charge in [-0.3, -0.25) is 0 Å². The van der Waals surface area contributed by atoms with E-state index in [9.17, 15) is 5.26 Å². The van der Waals surface area contributed by atoms with Crippen molar-refractivity contribution in [1.29, 1.82) is 5.26 Å². The van der Waals surface area contributed by atoms with E-state index in [-0.39, 0.29) is 0 Å². The van der Waals surface area contributed by atoms with E-state index in [1.807, 2.05) is 36.4 Å². The summed E-state index contributed by atoms with van der Waals surface area (Å²) in [4.78, 5) is 0. The summed E-state index contributed by atoms with van der Waals surface area (Å²) in [6, 6.07) is 19.0. The van der Waals surface area contributed by atoms with Crippen LogP contribution in [0.15, 0.2) is 68.0 Å². The molecule has 0 heterocycles. The second kappa shape index (κ2) is 10.1. The molecule has 2 nitrogen and oxygen atoms in total. The molecule has 0 saturated carbocycles. The first-order valence-electron chi connectivity index (χ1n) is 8.31. The smallest absolute Gasteiger partial charge is 0.148 e. The topological polar surface area (TPSA) is 33.0 Å². The number of nitrogens with zero attached hydrogens (tertiary/aromatic N) is 1. The monoisotopic (exact) mass is 613 g/mol. The minimum Gasteiger partial charge on any atom is -0.487 e. The highest BCUT2D eigenvalue weighted by molar-refractivity contribution is 9.11. The summed E-state index contributed by atoms with van der Waals surface area (Å²) >= 11 is 22.7. The highest BCUT2D eigenvalue weighted by Crippen LogP contribution is 2.37. The molecule has 0 aliphatic rings. The molecule has 7 heteroatoms. The van der Waals surface area contributed by atoms with Gasteiger partial charge in [-0.2, -0.15) is 5.26 Å². The molecule has 0 spiro atoms. The predicted molar refractivity (Wildman–Crippen MR) is 130 cm³/mol. The van der Waals surface area contributed by atoms with E-state index in [4.69, 9.17) is 27.9 Å². The Morgan fingerprint density at radius 1 is 0.966 bits per heavy atom. The van der Waals surface area contributed by atoms with Crippen molar-refractivity contribution in [1.82, 2.24) is 0 Å². The lowest BCUT2D eigenvalue weighted by atomic mass is 10.0.